The van der Waals surface area contributed by atoms with Crippen molar-refractivity contribution >= 4 is 6.08 Å². The highest BCUT2D eigenvalue weighted by Crippen LogP contribution is 2.04. The van der Waals surface area contributed by atoms with Crippen LogP contribution in [0.4, 0.5) is 0 Å². The molecule has 0 unspecified atom stereocenters. The van der Waals surface area contributed by atoms with Gasteiger partial charge in [0.25, 0.3) is 5.56 Å². The van der Waals surface area contributed by atoms with Crippen LogP contribution in [0.15, 0.2) is 52.2 Å². The summed E-state index contributed by atoms with van der Waals surface area (Å²) >= 11 is 0. The first-order valence-electron chi connectivity index (χ1n) is 8.25. The molecule has 0 atom stereocenters. The van der Waals surface area contributed by atoms with Crippen LogP contribution < -0.4 is 11.2 Å². The summed E-state index contributed by atoms with van der Waals surface area (Å²) in [5.74, 6) is 0. The smallest absolute Gasteiger partial charge is 0.313 e. The van der Waals surface area contributed by atoms with E-state index in [0.717, 1.165) is 18.4 Å². The number of hydrogen-bond acceptors (Lipinski definition) is 2. The third kappa shape index (κ3) is 5.09. The Morgan fingerprint density at radius 3 is 2.61 bits per heavy atom. The number of nitrogens with one attached hydrogen (secondary N) is 1. The van der Waals surface area contributed by atoms with E-state index in [0.29, 0.717) is 5.56 Å². The molecule has 4 nitrogen and oxygen atoms in total. The first-order valence-corrected chi connectivity index (χ1v) is 8.25. The van der Waals surface area contributed by atoms with Crippen molar-refractivity contribution in [3.63, 3.8) is 0 Å². The molecule has 0 radical (unpaired) electrons. The van der Waals surface area contributed by atoms with Gasteiger partial charge in [-0.2, -0.15) is 0 Å². The van der Waals surface area contributed by atoms with Gasteiger partial charge in [0.2, 0.25) is 0 Å². The highest BCUT2D eigenvalue weighted by Gasteiger charge is 2.05. The minimum atomic E-state index is -0.376. The van der Waals surface area contributed by atoms with Gasteiger partial charge in [0.15, 0.2) is 0 Å². The third-order valence-corrected chi connectivity index (χ3v) is 3.79. The quantitative estimate of drug-likeness (QED) is 0.758. The van der Waals surface area contributed by atoms with Crippen LogP contribution in [-0.2, 0) is 6.54 Å². The van der Waals surface area contributed by atoms with Gasteiger partial charge in [-0.15, -0.1) is 0 Å². The molecular weight excluding hydrogens is 288 g/mol. The van der Waals surface area contributed by atoms with Crippen molar-refractivity contribution in [2.75, 3.05) is 0 Å². The van der Waals surface area contributed by atoms with E-state index in [2.05, 4.69) is 11.9 Å². The van der Waals surface area contributed by atoms with Gasteiger partial charge in [-0.25, -0.2) is 4.79 Å². The van der Waals surface area contributed by atoms with E-state index >= 15 is 0 Å². The van der Waals surface area contributed by atoms with Crippen molar-refractivity contribution in [1.29, 1.82) is 0 Å². The summed E-state index contributed by atoms with van der Waals surface area (Å²) < 4.78 is 1.24. The van der Waals surface area contributed by atoms with Gasteiger partial charge in [0, 0.05) is 6.20 Å². The lowest BCUT2D eigenvalue weighted by molar-refractivity contribution is 0.675. The molecule has 4 heteroatoms. The van der Waals surface area contributed by atoms with Crippen molar-refractivity contribution in [2.45, 2.75) is 45.6 Å². The molecule has 1 heterocycles. The molecule has 1 N–H and O–H groups in total. The lowest BCUT2D eigenvalue weighted by atomic mass is 10.1. The van der Waals surface area contributed by atoms with Gasteiger partial charge in [-0.05, 0) is 18.4 Å². The zero-order chi connectivity index (χ0) is 16.5. The first-order chi connectivity index (χ1) is 11.2. The molecule has 23 heavy (non-hydrogen) atoms. The van der Waals surface area contributed by atoms with E-state index in [-0.39, 0.29) is 17.8 Å². The van der Waals surface area contributed by atoms with Crippen LogP contribution in [0.5, 0.6) is 0 Å². The number of nitrogens with zero attached hydrogens (tertiary/aromatic N) is 1. The van der Waals surface area contributed by atoms with Gasteiger partial charge in [-0.3, -0.25) is 9.36 Å². The monoisotopic (exact) mass is 312 g/mol. The van der Waals surface area contributed by atoms with Gasteiger partial charge in [0.1, 0.15) is 0 Å². The molecule has 122 valence electrons. The van der Waals surface area contributed by atoms with Crippen molar-refractivity contribution < 1.29 is 0 Å². The fourth-order valence-electron chi connectivity index (χ4n) is 2.46. The van der Waals surface area contributed by atoms with E-state index in [1.165, 1.54) is 30.0 Å². The summed E-state index contributed by atoms with van der Waals surface area (Å²) in [6.07, 6.45) is 11.1. The van der Waals surface area contributed by atoms with E-state index in [4.69, 9.17) is 0 Å². The number of aromatic nitrogens is 2. The Balaban J connectivity index is 2.11. The summed E-state index contributed by atoms with van der Waals surface area (Å²) in [4.78, 5) is 27.0. The number of rotatable bonds is 8. The van der Waals surface area contributed by atoms with Crippen LogP contribution in [0.2, 0.25) is 0 Å². The predicted molar refractivity (Wildman–Crippen MR) is 94.7 cm³/mol. The van der Waals surface area contributed by atoms with Crippen molar-refractivity contribution in [1.82, 2.24) is 9.55 Å². The third-order valence-electron chi connectivity index (χ3n) is 3.79. The lowest BCUT2D eigenvalue weighted by Crippen LogP contribution is -2.36. The molecule has 0 saturated heterocycles. The summed E-state index contributed by atoms with van der Waals surface area (Å²) in [7, 11) is 0. The van der Waals surface area contributed by atoms with Gasteiger partial charge in [-0.1, -0.05) is 68.7 Å². The van der Waals surface area contributed by atoms with Crippen LogP contribution in [0.25, 0.3) is 6.08 Å². The van der Waals surface area contributed by atoms with E-state index in [9.17, 15) is 9.59 Å². The lowest BCUT2D eigenvalue weighted by Gasteiger charge is -2.05. The second-order valence-corrected chi connectivity index (χ2v) is 5.68. The maximum atomic E-state index is 12.5. The average Bonchev–Trinajstić information content (AvgIpc) is 2.57. The number of benzene rings is 1. The second kappa shape index (κ2) is 8.93. The molecule has 0 bridgehead atoms. The Kier molecular flexibility index (Phi) is 6.60. The maximum Gasteiger partial charge on any atom is 0.328 e. The van der Waals surface area contributed by atoms with Crippen LogP contribution >= 0.6 is 0 Å². The molecule has 0 aliphatic carbocycles. The van der Waals surface area contributed by atoms with Gasteiger partial charge >= 0.3 is 5.69 Å². The number of allylic oxidation sites excluding steroid dienone is 1. The second-order valence-electron chi connectivity index (χ2n) is 5.68. The molecule has 0 aliphatic rings. The minimum Gasteiger partial charge on any atom is -0.313 e. The molecule has 0 saturated carbocycles. The summed E-state index contributed by atoms with van der Waals surface area (Å²) in [6, 6.07) is 9.52. The van der Waals surface area contributed by atoms with E-state index < -0.39 is 0 Å². The Morgan fingerprint density at radius 1 is 1.09 bits per heavy atom. The topological polar surface area (TPSA) is 54.9 Å². The molecule has 0 amide bonds. The summed E-state index contributed by atoms with van der Waals surface area (Å²) in [5, 5.41) is 0. The van der Waals surface area contributed by atoms with Crippen LogP contribution in [0, 0.1) is 0 Å². The zero-order valence-corrected chi connectivity index (χ0v) is 13.6. The minimum absolute atomic E-state index is 0.248. The number of unbranched alkanes of at least 4 members (excludes halogenated alkanes) is 4. The van der Waals surface area contributed by atoms with Gasteiger partial charge in [0.05, 0.1) is 12.1 Å². The number of aromatic amines is 1. The molecule has 1 aromatic carbocycles. The summed E-state index contributed by atoms with van der Waals surface area (Å²) in [5.41, 5.74) is 0.832. The molecule has 1 aromatic heterocycles. The molecule has 0 spiro atoms. The van der Waals surface area contributed by atoms with Crippen molar-refractivity contribution in [3.8, 4) is 0 Å². The largest absolute Gasteiger partial charge is 0.328 e. The highest BCUT2D eigenvalue weighted by atomic mass is 16.2. The Bertz CT molecular complexity index is 742. The Hall–Kier alpha value is -2.36. The SMILES string of the molecule is CCCCCC/C=C/c1c[nH]c(=O)n(Cc2ccccc2)c1=O. The van der Waals surface area contributed by atoms with Crippen LogP contribution in [-0.4, -0.2) is 9.55 Å². The van der Waals surface area contributed by atoms with Crippen molar-refractivity contribution in [3.05, 3.63) is 74.6 Å². The van der Waals surface area contributed by atoms with Crippen LogP contribution in [0.3, 0.4) is 0 Å². The standard InChI is InChI=1S/C19H24N2O2/c1-2-3-4-5-6-10-13-17-14-20-19(23)21(18(17)22)15-16-11-8-7-9-12-16/h7-14H,2-6,15H2,1H3,(H,20,23)/b13-10+. The zero-order valence-electron chi connectivity index (χ0n) is 13.6. The predicted octanol–water partition coefficient (Wildman–Crippen LogP) is 3.57. The first kappa shape index (κ1) is 17.0. The maximum absolute atomic E-state index is 12.5. The molecule has 2 rings (SSSR count). The van der Waals surface area contributed by atoms with Crippen LogP contribution in [0.1, 0.15) is 50.2 Å². The molecule has 2 aromatic rings. The number of H-pyrrole nitrogens is 1. The molecule has 0 fully saturated rings. The van der Waals surface area contributed by atoms with Gasteiger partial charge < -0.3 is 4.98 Å². The molecule has 0 aliphatic heterocycles. The normalized spacial score (nSPS) is 11.2. The fraction of sp³-hybridized carbons (Fsp3) is 0.368. The highest BCUT2D eigenvalue weighted by molar-refractivity contribution is 5.46. The Labute approximate surface area is 136 Å². The molecular formula is C19H24N2O2. The van der Waals surface area contributed by atoms with E-state index in [1.807, 2.05) is 42.5 Å². The Morgan fingerprint density at radius 2 is 1.87 bits per heavy atom. The van der Waals surface area contributed by atoms with Crippen molar-refractivity contribution in [2.24, 2.45) is 0 Å². The van der Waals surface area contributed by atoms with E-state index in [1.54, 1.807) is 0 Å². The summed E-state index contributed by atoms with van der Waals surface area (Å²) in [6.45, 7) is 2.47. The average molecular weight is 312 g/mol. The number of hydrogen-bond donors (Lipinski definition) is 1. The fourth-order valence-corrected chi connectivity index (χ4v) is 2.46.